The Kier molecular flexibility index (Phi) is 8.66. The zero-order valence-corrected chi connectivity index (χ0v) is 18.7. The summed E-state index contributed by atoms with van der Waals surface area (Å²) in [5.74, 6) is 0.202. The lowest BCUT2D eigenvalue weighted by Gasteiger charge is -2.46. The molecule has 2 aromatic rings. The third kappa shape index (κ3) is 5.58. The number of hydrogen-bond acceptors (Lipinski definition) is 3. The van der Waals surface area contributed by atoms with Gasteiger partial charge >= 0.3 is 0 Å². The van der Waals surface area contributed by atoms with E-state index < -0.39 is 0 Å². The Hall–Kier alpha value is -1.91. The van der Waals surface area contributed by atoms with Crippen molar-refractivity contribution in [2.45, 2.75) is 57.0 Å². The molecule has 0 saturated heterocycles. The number of benzene rings is 1. The van der Waals surface area contributed by atoms with Gasteiger partial charge in [-0.1, -0.05) is 36.4 Å². The maximum Gasteiger partial charge on any atom is 0.219 e. The summed E-state index contributed by atoms with van der Waals surface area (Å²) in [6.45, 7) is 2.56. The second-order valence-corrected chi connectivity index (χ2v) is 8.17. The lowest BCUT2D eigenvalue weighted by molar-refractivity contribution is -0.132. The van der Waals surface area contributed by atoms with Crippen molar-refractivity contribution in [3.05, 3.63) is 66.0 Å². The number of carbonyl (C=O) groups excluding carboxylic acids is 1. The van der Waals surface area contributed by atoms with E-state index >= 15 is 0 Å². The van der Waals surface area contributed by atoms with Gasteiger partial charge < -0.3 is 4.90 Å². The molecule has 0 unspecified atom stereocenters. The van der Waals surface area contributed by atoms with Crippen LogP contribution in [0.5, 0.6) is 0 Å². The fraction of sp³-hybridized carbons (Fsp3) is 0.500. The van der Waals surface area contributed by atoms with Crippen LogP contribution >= 0.6 is 12.4 Å². The van der Waals surface area contributed by atoms with Crippen LogP contribution in [-0.2, 0) is 16.8 Å². The summed E-state index contributed by atoms with van der Waals surface area (Å²) in [6.07, 6.45) is 8.04. The van der Waals surface area contributed by atoms with E-state index in [1.807, 2.05) is 18.3 Å². The van der Waals surface area contributed by atoms with Crippen molar-refractivity contribution in [1.29, 1.82) is 0 Å². The number of amides is 1. The third-order valence-electron chi connectivity index (χ3n) is 6.33. The molecule has 4 nitrogen and oxygen atoms in total. The molecule has 0 spiro atoms. The van der Waals surface area contributed by atoms with E-state index in [1.165, 1.54) is 5.56 Å². The van der Waals surface area contributed by atoms with Gasteiger partial charge in [0.2, 0.25) is 5.91 Å². The number of nitrogens with zero attached hydrogens (tertiary/aromatic N) is 3. The van der Waals surface area contributed by atoms with Crippen molar-refractivity contribution in [1.82, 2.24) is 14.8 Å². The number of rotatable bonds is 7. The predicted octanol–water partition coefficient (Wildman–Crippen LogP) is 4.68. The van der Waals surface area contributed by atoms with Crippen LogP contribution in [0.4, 0.5) is 0 Å². The molecule has 0 radical (unpaired) electrons. The Morgan fingerprint density at radius 2 is 1.72 bits per heavy atom. The van der Waals surface area contributed by atoms with Crippen LogP contribution in [0, 0.1) is 0 Å². The number of pyridine rings is 1. The summed E-state index contributed by atoms with van der Waals surface area (Å²) in [7, 11) is 4.30. The topological polar surface area (TPSA) is 36.4 Å². The summed E-state index contributed by atoms with van der Waals surface area (Å²) in [6, 6.07) is 17.1. The molecule has 5 heteroatoms. The Morgan fingerprint density at radius 1 is 1.07 bits per heavy atom. The molecule has 1 amide bonds. The number of carbonyl (C=O) groups is 1. The van der Waals surface area contributed by atoms with Crippen LogP contribution in [0.2, 0.25) is 0 Å². The molecule has 1 fully saturated rings. The van der Waals surface area contributed by atoms with Gasteiger partial charge in [-0.05, 0) is 70.3 Å². The van der Waals surface area contributed by atoms with Gasteiger partial charge in [-0.15, -0.1) is 12.4 Å². The van der Waals surface area contributed by atoms with Crippen LogP contribution in [0.25, 0.3) is 0 Å². The Morgan fingerprint density at radius 3 is 2.28 bits per heavy atom. The maximum atomic E-state index is 12.4. The quantitative estimate of drug-likeness (QED) is 0.658. The largest absolute Gasteiger partial charge is 0.340 e. The fourth-order valence-corrected chi connectivity index (χ4v) is 4.66. The third-order valence-corrected chi connectivity index (χ3v) is 6.33. The smallest absolute Gasteiger partial charge is 0.219 e. The Balaban J connectivity index is 0.00000300. The number of aryl methyl sites for hydroxylation is 1. The van der Waals surface area contributed by atoms with E-state index in [2.05, 4.69) is 65.3 Å². The molecule has 158 valence electrons. The van der Waals surface area contributed by atoms with E-state index in [0.29, 0.717) is 6.04 Å². The van der Waals surface area contributed by atoms with E-state index in [9.17, 15) is 4.79 Å². The average Bonchev–Trinajstić information content (AvgIpc) is 2.72. The number of halogens is 1. The molecular formula is C24H34ClN3O. The predicted molar refractivity (Wildman–Crippen MR) is 121 cm³/mol. The van der Waals surface area contributed by atoms with Gasteiger partial charge in [0.1, 0.15) is 0 Å². The molecule has 0 aliphatic heterocycles. The van der Waals surface area contributed by atoms with Crippen LogP contribution in [0.3, 0.4) is 0 Å². The van der Waals surface area contributed by atoms with Gasteiger partial charge in [-0.25, -0.2) is 0 Å². The average molecular weight is 416 g/mol. The zero-order valence-electron chi connectivity index (χ0n) is 17.9. The van der Waals surface area contributed by atoms with Crippen molar-refractivity contribution in [3.8, 4) is 0 Å². The highest BCUT2D eigenvalue weighted by Crippen LogP contribution is 2.41. The number of aromatic nitrogens is 1. The molecule has 0 bridgehead atoms. The minimum Gasteiger partial charge on any atom is -0.340 e. The molecule has 1 aromatic heterocycles. The fourth-order valence-electron chi connectivity index (χ4n) is 4.66. The van der Waals surface area contributed by atoms with Crippen molar-refractivity contribution in [2.75, 3.05) is 20.6 Å². The highest BCUT2D eigenvalue weighted by molar-refractivity contribution is 5.85. The monoisotopic (exact) mass is 415 g/mol. The molecule has 3 rings (SSSR count). The van der Waals surface area contributed by atoms with Crippen LogP contribution < -0.4 is 0 Å². The minimum absolute atomic E-state index is 0. The molecule has 1 aliphatic carbocycles. The molecule has 29 heavy (non-hydrogen) atoms. The van der Waals surface area contributed by atoms with Gasteiger partial charge in [0.15, 0.2) is 0 Å². The Labute approximate surface area is 181 Å². The second kappa shape index (κ2) is 10.7. The van der Waals surface area contributed by atoms with Crippen LogP contribution in [0.1, 0.15) is 50.3 Å². The summed E-state index contributed by atoms with van der Waals surface area (Å²) in [5.41, 5.74) is 2.47. The summed E-state index contributed by atoms with van der Waals surface area (Å²) >= 11 is 0. The van der Waals surface area contributed by atoms with Gasteiger partial charge in [-0.3, -0.25) is 14.7 Å². The first kappa shape index (κ1) is 23.4. The Bertz CT molecular complexity index is 743. The van der Waals surface area contributed by atoms with Gasteiger partial charge in [0.25, 0.3) is 0 Å². The molecule has 0 atom stereocenters. The maximum absolute atomic E-state index is 12.4. The van der Waals surface area contributed by atoms with Gasteiger partial charge in [0, 0.05) is 25.7 Å². The van der Waals surface area contributed by atoms with Crippen molar-refractivity contribution in [2.24, 2.45) is 0 Å². The summed E-state index contributed by atoms with van der Waals surface area (Å²) < 4.78 is 0. The van der Waals surface area contributed by atoms with Crippen LogP contribution in [0.15, 0.2) is 54.7 Å². The van der Waals surface area contributed by atoms with Crippen LogP contribution in [-0.4, -0.2) is 47.4 Å². The normalized spacial score (nSPS) is 21.4. The van der Waals surface area contributed by atoms with E-state index in [1.54, 1.807) is 6.92 Å². The lowest BCUT2D eigenvalue weighted by atomic mass is 9.75. The molecule has 1 aliphatic rings. The second-order valence-electron chi connectivity index (χ2n) is 8.17. The standard InChI is InChI=1S/C24H33N3O.ClH/c1-20(28)27(19-9-12-21-10-5-4-6-11-21)22-14-16-24(17-15-22,26(2)3)23-13-7-8-18-25-23;/h4-8,10-11,13,18,22H,9,12,14-17,19H2,1-3H3;1H. The van der Waals surface area contributed by atoms with E-state index in [0.717, 1.165) is 50.8 Å². The van der Waals surface area contributed by atoms with Crippen molar-refractivity contribution in [3.63, 3.8) is 0 Å². The molecule has 1 saturated carbocycles. The zero-order chi connectivity index (χ0) is 20.0. The lowest BCUT2D eigenvalue weighted by Crippen LogP contribution is -2.50. The number of hydrogen-bond donors (Lipinski definition) is 0. The van der Waals surface area contributed by atoms with E-state index in [4.69, 9.17) is 0 Å². The minimum atomic E-state index is -0.0236. The van der Waals surface area contributed by atoms with Crippen molar-refractivity contribution < 1.29 is 4.79 Å². The highest BCUT2D eigenvalue weighted by Gasteiger charge is 2.41. The van der Waals surface area contributed by atoms with Gasteiger partial charge in [-0.2, -0.15) is 0 Å². The highest BCUT2D eigenvalue weighted by atomic mass is 35.5. The first-order chi connectivity index (χ1) is 13.5. The van der Waals surface area contributed by atoms with Crippen molar-refractivity contribution >= 4 is 18.3 Å². The van der Waals surface area contributed by atoms with Gasteiger partial charge in [0.05, 0.1) is 11.2 Å². The molecule has 0 N–H and O–H groups in total. The summed E-state index contributed by atoms with van der Waals surface area (Å²) in [4.78, 5) is 21.4. The molecule has 1 heterocycles. The first-order valence-electron chi connectivity index (χ1n) is 10.4. The summed E-state index contributed by atoms with van der Waals surface area (Å²) in [5, 5.41) is 0. The first-order valence-corrected chi connectivity index (χ1v) is 10.4. The molecule has 1 aromatic carbocycles. The van der Waals surface area contributed by atoms with E-state index in [-0.39, 0.29) is 23.9 Å². The SMILES string of the molecule is CC(=O)N(CCCc1ccccc1)C1CCC(c2ccccn2)(N(C)C)CC1.Cl. The molecular weight excluding hydrogens is 382 g/mol.